The van der Waals surface area contributed by atoms with Gasteiger partial charge in [0.1, 0.15) is 17.3 Å². The number of Topliss-reactive ketones (excluding diaryl/α,β-unsaturated/α-hetero) is 1. The molecular weight excluding hydrogens is 439 g/mol. The van der Waals surface area contributed by atoms with Crippen molar-refractivity contribution in [2.45, 2.75) is 19.3 Å². The molecule has 1 atom stereocenters. The Labute approximate surface area is 197 Å². The van der Waals surface area contributed by atoms with E-state index in [4.69, 9.17) is 9.15 Å². The van der Waals surface area contributed by atoms with Gasteiger partial charge in [0.25, 0.3) is 0 Å². The zero-order valence-electron chi connectivity index (χ0n) is 19.1. The maximum atomic E-state index is 13.2. The molecule has 0 bridgehead atoms. The van der Waals surface area contributed by atoms with E-state index in [9.17, 15) is 14.0 Å². The number of aryl methyl sites for hydroxylation is 1. The number of likely N-dealkylation sites (tertiary alicyclic amines) is 1. The number of carbonyl (C=O) groups excluding carboxylic acids is 2. The molecule has 2 N–H and O–H groups in total. The molecule has 0 radical (unpaired) electrons. The van der Waals surface area contributed by atoms with Crippen LogP contribution in [0.4, 0.5) is 14.9 Å². The Bertz CT molecular complexity index is 1160. The van der Waals surface area contributed by atoms with E-state index in [1.165, 1.54) is 12.1 Å². The molecule has 8 nitrogen and oxygen atoms in total. The first-order valence-corrected chi connectivity index (χ1v) is 11.1. The van der Waals surface area contributed by atoms with Crippen LogP contribution in [-0.4, -0.2) is 55.0 Å². The van der Waals surface area contributed by atoms with E-state index in [0.29, 0.717) is 37.0 Å². The van der Waals surface area contributed by atoms with Crippen LogP contribution in [0.3, 0.4) is 0 Å². The van der Waals surface area contributed by atoms with Crippen LogP contribution in [0.15, 0.2) is 53.1 Å². The molecule has 1 fully saturated rings. The Morgan fingerprint density at radius 1 is 1.24 bits per heavy atom. The van der Waals surface area contributed by atoms with Crippen LogP contribution in [0, 0.1) is 12.7 Å². The zero-order valence-corrected chi connectivity index (χ0v) is 19.1. The number of hydrogen-bond acceptors (Lipinski definition) is 6. The Morgan fingerprint density at radius 2 is 2.03 bits per heavy atom. The lowest BCUT2D eigenvalue weighted by Crippen LogP contribution is -2.48. The van der Waals surface area contributed by atoms with Crippen molar-refractivity contribution in [3.63, 3.8) is 0 Å². The number of halogens is 1. The predicted octanol–water partition coefficient (Wildman–Crippen LogP) is 3.98. The summed E-state index contributed by atoms with van der Waals surface area (Å²) in [4.78, 5) is 30.7. The maximum Gasteiger partial charge on any atom is 0.317 e. The van der Waals surface area contributed by atoms with Gasteiger partial charge in [-0.15, -0.1) is 0 Å². The van der Waals surface area contributed by atoms with Crippen molar-refractivity contribution in [2.24, 2.45) is 0 Å². The SMILES string of the molecule is COc1cc(NCCNC(=O)N2CCC(=O)C(c3ccc(F)cc3)C2)ccc1-c1cnc(C)o1. The summed E-state index contributed by atoms with van der Waals surface area (Å²) in [5, 5.41) is 6.15. The van der Waals surface area contributed by atoms with Crippen molar-refractivity contribution in [3.05, 3.63) is 65.9 Å². The molecule has 4 rings (SSSR count). The van der Waals surface area contributed by atoms with Gasteiger partial charge in [0.15, 0.2) is 11.7 Å². The van der Waals surface area contributed by atoms with E-state index in [2.05, 4.69) is 15.6 Å². The van der Waals surface area contributed by atoms with Crippen LogP contribution >= 0.6 is 0 Å². The van der Waals surface area contributed by atoms with Gasteiger partial charge in [-0.3, -0.25) is 4.79 Å². The third-order valence-electron chi connectivity index (χ3n) is 5.80. The number of methoxy groups -OCH3 is 1. The lowest BCUT2D eigenvalue weighted by Gasteiger charge is -2.32. The smallest absolute Gasteiger partial charge is 0.317 e. The Hall–Kier alpha value is -3.88. The van der Waals surface area contributed by atoms with Gasteiger partial charge < -0.3 is 24.7 Å². The molecule has 1 unspecified atom stereocenters. The van der Waals surface area contributed by atoms with Gasteiger partial charge >= 0.3 is 6.03 Å². The molecule has 0 spiro atoms. The summed E-state index contributed by atoms with van der Waals surface area (Å²) in [5.74, 6) is 1.14. The number of urea groups is 1. The van der Waals surface area contributed by atoms with E-state index in [-0.39, 0.29) is 30.6 Å². The lowest BCUT2D eigenvalue weighted by atomic mass is 9.89. The monoisotopic (exact) mass is 466 g/mol. The van der Waals surface area contributed by atoms with Crippen LogP contribution in [0.2, 0.25) is 0 Å². The quantitative estimate of drug-likeness (QED) is 0.512. The van der Waals surface area contributed by atoms with Crippen molar-refractivity contribution in [2.75, 3.05) is 38.6 Å². The second-order valence-corrected chi connectivity index (χ2v) is 8.08. The molecule has 9 heteroatoms. The van der Waals surface area contributed by atoms with Crippen molar-refractivity contribution in [1.82, 2.24) is 15.2 Å². The summed E-state index contributed by atoms with van der Waals surface area (Å²) in [7, 11) is 1.59. The highest BCUT2D eigenvalue weighted by Gasteiger charge is 2.30. The summed E-state index contributed by atoms with van der Waals surface area (Å²) in [6.07, 6.45) is 1.94. The van der Waals surface area contributed by atoms with E-state index in [1.807, 2.05) is 18.2 Å². The van der Waals surface area contributed by atoms with Crippen molar-refractivity contribution in [1.29, 1.82) is 0 Å². The molecule has 1 aliphatic rings. The average molecular weight is 467 g/mol. The number of oxazole rings is 1. The van der Waals surface area contributed by atoms with Gasteiger partial charge in [-0.2, -0.15) is 0 Å². The molecule has 2 amide bonds. The molecule has 2 heterocycles. The van der Waals surface area contributed by atoms with Gasteiger partial charge in [-0.05, 0) is 29.8 Å². The molecule has 3 aromatic rings. The standard InChI is InChI=1S/C25H27FN4O4/c1-16-29-14-24(34-16)20-8-7-19(13-23(20)33-2)27-10-11-28-25(32)30-12-9-22(31)21(15-30)17-3-5-18(26)6-4-17/h3-8,13-14,21,27H,9-12,15H2,1-2H3,(H,28,32). The number of anilines is 1. The number of rotatable bonds is 7. The van der Waals surface area contributed by atoms with Crippen LogP contribution in [0.5, 0.6) is 5.75 Å². The van der Waals surface area contributed by atoms with Crippen molar-refractivity contribution in [3.8, 4) is 17.1 Å². The molecule has 34 heavy (non-hydrogen) atoms. The van der Waals surface area contributed by atoms with Crippen LogP contribution in [-0.2, 0) is 4.79 Å². The van der Waals surface area contributed by atoms with Crippen LogP contribution < -0.4 is 15.4 Å². The summed E-state index contributed by atoms with van der Waals surface area (Å²) >= 11 is 0. The third-order valence-corrected chi connectivity index (χ3v) is 5.80. The number of benzene rings is 2. The summed E-state index contributed by atoms with van der Waals surface area (Å²) in [6.45, 7) is 3.34. The van der Waals surface area contributed by atoms with E-state index in [1.54, 1.807) is 37.3 Å². The van der Waals surface area contributed by atoms with Gasteiger partial charge in [0, 0.05) is 51.3 Å². The van der Waals surface area contributed by atoms with Gasteiger partial charge in [0.2, 0.25) is 0 Å². The number of amides is 2. The Morgan fingerprint density at radius 3 is 2.74 bits per heavy atom. The summed E-state index contributed by atoms with van der Waals surface area (Å²) in [5.41, 5.74) is 2.37. The van der Waals surface area contributed by atoms with Gasteiger partial charge in [-0.1, -0.05) is 12.1 Å². The lowest BCUT2D eigenvalue weighted by molar-refractivity contribution is -0.122. The molecule has 0 saturated carbocycles. The summed E-state index contributed by atoms with van der Waals surface area (Å²) < 4.78 is 24.3. The van der Waals surface area contributed by atoms with E-state index < -0.39 is 5.92 Å². The van der Waals surface area contributed by atoms with Crippen LogP contribution in [0.1, 0.15) is 23.8 Å². The number of nitrogens with zero attached hydrogens (tertiary/aromatic N) is 2. The third kappa shape index (κ3) is 5.36. The normalized spacial score (nSPS) is 15.8. The first-order chi connectivity index (χ1) is 16.4. The highest BCUT2D eigenvalue weighted by Crippen LogP contribution is 2.32. The number of aromatic nitrogens is 1. The molecule has 2 aromatic carbocycles. The van der Waals surface area contributed by atoms with Crippen LogP contribution in [0.25, 0.3) is 11.3 Å². The number of carbonyl (C=O) groups is 2. The molecule has 1 aromatic heterocycles. The minimum Gasteiger partial charge on any atom is -0.496 e. The minimum absolute atomic E-state index is 0.0650. The van der Waals surface area contributed by atoms with Gasteiger partial charge in [-0.25, -0.2) is 14.2 Å². The van der Waals surface area contributed by atoms with E-state index >= 15 is 0 Å². The number of piperidine rings is 1. The second kappa shape index (κ2) is 10.4. The molecular formula is C25H27FN4O4. The maximum absolute atomic E-state index is 13.2. The average Bonchev–Trinajstić information content (AvgIpc) is 3.28. The number of nitrogens with one attached hydrogen (secondary N) is 2. The fourth-order valence-corrected chi connectivity index (χ4v) is 3.98. The molecule has 0 aliphatic carbocycles. The fraction of sp³-hybridized carbons (Fsp3) is 0.320. The summed E-state index contributed by atoms with van der Waals surface area (Å²) in [6, 6.07) is 11.3. The number of ether oxygens (including phenoxy) is 1. The van der Waals surface area contributed by atoms with Crippen molar-refractivity contribution < 1.29 is 23.1 Å². The molecule has 1 saturated heterocycles. The first kappa shape index (κ1) is 23.3. The predicted molar refractivity (Wildman–Crippen MR) is 125 cm³/mol. The Kier molecular flexibility index (Phi) is 7.10. The first-order valence-electron chi connectivity index (χ1n) is 11.1. The fourth-order valence-electron chi connectivity index (χ4n) is 3.98. The zero-order chi connectivity index (χ0) is 24.1. The highest BCUT2D eigenvalue weighted by molar-refractivity contribution is 5.89. The second-order valence-electron chi connectivity index (χ2n) is 8.08. The molecule has 178 valence electrons. The number of hydrogen-bond donors (Lipinski definition) is 2. The highest BCUT2D eigenvalue weighted by atomic mass is 19.1. The molecule has 1 aliphatic heterocycles. The van der Waals surface area contributed by atoms with Crippen molar-refractivity contribution >= 4 is 17.5 Å². The largest absolute Gasteiger partial charge is 0.496 e. The minimum atomic E-state index is -0.433. The van der Waals surface area contributed by atoms with E-state index in [0.717, 1.165) is 16.8 Å². The topological polar surface area (TPSA) is 96.7 Å². The number of ketones is 1. The van der Waals surface area contributed by atoms with Gasteiger partial charge in [0.05, 0.1) is 24.8 Å². The Balaban J connectivity index is 1.28.